The van der Waals surface area contributed by atoms with Crippen LogP contribution in [0.1, 0.15) is 24.5 Å². The highest BCUT2D eigenvalue weighted by atomic mass is 16.6. The average molecular weight is 250 g/mol. The Balaban J connectivity index is 1.86. The van der Waals surface area contributed by atoms with Crippen LogP contribution >= 0.6 is 0 Å². The summed E-state index contributed by atoms with van der Waals surface area (Å²) in [5.41, 5.74) is 0.846. The fraction of sp³-hybridized carbons (Fsp3) is 0.571. The molecule has 1 N–H and O–H groups in total. The Labute approximate surface area is 106 Å². The monoisotopic (exact) mass is 250 g/mol. The number of aliphatic hydroxyl groups excluding tert-OH is 1. The maximum atomic E-state index is 10.5. The second-order valence-electron chi connectivity index (χ2n) is 4.77. The van der Waals surface area contributed by atoms with E-state index in [0.717, 1.165) is 37.4 Å². The molecule has 4 nitrogen and oxygen atoms in total. The molecule has 1 unspecified atom stereocenters. The zero-order valence-electron chi connectivity index (χ0n) is 10.3. The second-order valence-corrected chi connectivity index (χ2v) is 4.77. The molecule has 1 fully saturated rings. The summed E-state index contributed by atoms with van der Waals surface area (Å²) in [7, 11) is 0. The van der Waals surface area contributed by atoms with Gasteiger partial charge in [0.15, 0.2) is 11.5 Å². The van der Waals surface area contributed by atoms with E-state index >= 15 is 0 Å². The molecule has 0 saturated carbocycles. The third-order valence-corrected chi connectivity index (χ3v) is 3.63. The lowest BCUT2D eigenvalue weighted by Gasteiger charge is -2.29. The Morgan fingerprint density at radius 1 is 1.06 bits per heavy atom. The predicted octanol–water partition coefficient (Wildman–Crippen LogP) is 1.92. The Kier molecular flexibility index (Phi) is 3.39. The first-order valence-electron chi connectivity index (χ1n) is 6.50. The summed E-state index contributed by atoms with van der Waals surface area (Å²) in [6.07, 6.45) is 1.29. The number of hydrogen-bond acceptors (Lipinski definition) is 4. The lowest BCUT2D eigenvalue weighted by atomic mass is 9.89. The molecule has 2 aliphatic rings. The Hall–Kier alpha value is -1.26. The van der Waals surface area contributed by atoms with Crippen molar-refractivity contribution in [2.75, 3.05) is 26.4 Å². The number of rotatable bonds is 2. The van der Waals surface area contributed by atoms with E-state index in [4.69, 9.17) is 14.2 Å². The highest BCUT2D eigenvalue weighted by Crippen LogP contribution is 2.41. The molecule has 0 aromatic heterocycles. The van der Waals surface area contributed by atoms with Crippen molar-refractivity contribution in [2.24, 2.45) is 5.92 Å². The molecule has 0 radical (unpaired) electrons. The molecule has 18 heavy (non-hydrogen) atoms. The standard InChI is InChI=1S/C14H18O4/c15-13(10-4-6-16-7-5-10)11-2-1-3-12-14(11)18-9-8-17-12/h1-3,10,13,15H,4-9H2. The Morgan fingerprint density at radius 3 is 2.67 bits per heavy atom. The van der Waals surface area contributed by atoms with Crippen LogP contribution in [0.15, 0.2) is 18.2 Å². The summed E-state index contributed by atoms with van der Waals surface area (Å²) < 4.78 is 16.5. The van der Waals surface area contributed by atoms with Gasteiger partial charge in [-0.15, -0.1) is 0 Å². The SMILES string of the molecule is OC(c1cccc2c1OCCO2)C1CCOCC1. The molecule has 1 saturated heterocycles. The predicted molar refractivity (Wildman–Crippen MR) is 65.9 cm³/mol. The molecule has 1 aromatic carbocycles. The molecule has 1 atom stereocenters. The lowest BCUT2D eigenvalue weighted by molar-refractivity contribution is 0.00545. The van der Waals surface area contributed by atoms with E-state index in [-0.39, 0.29) is 5.92 Å². The van der Waals surface area contributed by atoms with Gasteiger partial charge in [0.05, 0.1) is 6.10 Å². The van der Waals surface area contributed by atoms with Gasteiger partial charge >= 0.3 is 0 Å². The minimum Gasteiger partial charge on any atom is -0.486 e. The van der Waals surface area contributed by atoms with Crippen molar-refractivity contribution in [3.8, 4) is 11.5 Å². The minimum atomic E-state index is -0.495. The van der Waals surface area contributed by atoms with E-state index in [1.54, 1.807) is 0 Å². The van der Waals surface area contributed by atoms with Crippen LogP contribution in [0, 0.1) is 5.92 Å². The van der Waals surface area contributed by atoms with Gasteiger partial charge < -0.3 is 19.3 Å². The van der Waals surface area contributed by atoms with E-state index in [1.165, 1.54) is 0 Å². The van der Waals surface area contributed by atoms with Crippen LogP contribution in [0.25, 0.3) is 0 Å². The lowest BCUT2D eigenvalue weighted by Crippen LogP contribution is -2.24. The van der Waals surface area contributed by atoms with Gasteiger partial charge in [0.1, 0.15) is 13.2 Å². The van der Waals surface area contributed by atoms with Crippen LogP contribution in [0.2, 0.25) is 0 Å². The summed E-state index contributed by atoms with van der Waals surface area (Å²) in [6.45, 7) is 2.58. The molecule has 1 aromatic rings. The van der Waals surface area contributed by atoms with Crippen LogP contribution in [-0.4, -0.2) is 31.5 Å². The first kappa shape index (κ1) is 11.8. The van der Waals surface area contributed by atoms with Crippen LogP contribution in [-0.2, 0) is 4.74 Å². The maximum Gasteiger partial charge on any atom is 0.167 e. The summed E-state index contributed by atoms with van der Waals surface area (Å²) >= 11 is 0. The number of para-hydroxylation sites is 1. The van der Waals surface area contributed by atoms with Crippen molar-refractivity contribution < 1.29 is 19.3 Å². The first-order valence-corrected chi connectivity index (χ1v) is 6.50. The number of ether oxygens (including phenoxy) is 3. The van der Waals surface area contributed by atoms with E-state index in [2.05, 4.69) is 0 Å². The molecule has 0 bridgehead atoms. The van der Waals surface area contributed by atoms with Gasteiger partial charge in [-0.2, -0.15) is 0 Å². The molecule has 3 rings (SSSR count). The van der Waals surface area contributed by atoms with Crippen molar-refractivity contribution >= 4 is 0 Å². The fourth-order valence-electron chi connectivity index (χ4n) is 2.61. The number of benzene rings is 1. The van der Waals surface area contributed by atoms with E-state index in [9.17, 15) is 5.11 Å². The highest BCUT2D eigenvalue weighted by molar-refractivity contribution is 5.48. The molecule has 0 aliphatic carbocycles. The average Bonchev–Trinajstić information content (AvgIpc) is 2.47. The summed E-state index contributed by atoms with van der Waals surface area (Å²) in [5.74, 6) is 1.70. The summed E-state index contributed by atoms with van der Waals surface area (Å²) in [6, 6.07) is 5.72. The third-order valence-electron chi connectivity index (χ3n) is 3.63. The minimum absolute atomic E-state index is 0.246. The van der Waals surface area contributed by atoms with Gasteiger partial charge in [0, 0.05) is 18.8 Å². The molecule has 98 valence electrons. The van der Waals surface area contributed by atoms with E-state index < -0.39 is 6.10 Å². The second kappa shape index (κ2) is 5.16. The van der Waals surface area contributed by atoms with Gasteiger partial charge in [-0.1, -0.05) is 12.1 Å². The number of fused-ring (bicyclic) bond motifs is 1. The molecule has 0 amide bonds. The van der Waals surface area contributed by atoms with Crippen LogP contribution in [0.3, 0.4) is 0 Å². The highest BCUT2D eigenvalue weighted by Gasteiger charge is 2.28. The first-order chi connectivity index (χ1) is 8.86. The van der Waals surface area contributed by atoms with Gasteiger partial charge in [-0.25, -0.2) is 0 Å². The van der Waals surface area contributed by atoms with Gasteiger partial charge in [-0.05, 0) is 24.8 Å². The van der Waals surface area contributed by atoms with Crippen LogP contribution in [0.4, 0.5) is 0 Å². The summed E-state index contributed by atoms with van der Waals surface area (Å²) in [5, 5.41) is 10.5. The van der Waals surface area contributed by atoms with E-state index in [1.807, 2.05) is 18.2 Å². The van der Waals surface area contributed by atoms with Crippen molar-refractivity contribution in [3.05, 3.63) is 23.8 Å². The zero-order valence-corrected chi connectivity index (χ0v) is 10.3. The number of aliphatic hydroxyl groups is 1. The van der Waals surface area contributed by atoms with Gasteiger partial charge in [0.2, 0.25) is 0 Å². The number of hydrogen-bond donors (Lipinski definition) is 1. The summed E-state index contributed by atoms with van der Waals surface area (Å²) in [4.78, 5) is 0. The van der Waals surface area contributed by atoms with Gasteiger partial charge in [0.25, 0.3) is 0 Å². The Bertz CT molecular complexity index is 412. The normalized spacial score (nSPS) is 21.6. The molecule has 2 aliphatic heterocycles. The van der Waals surface area contributed by atoms with Crippen molar-refractivity contribution in [3.63, 3.8) is 0 Å². The van der Waals surface area contributed by atoms with Crippen LogP contribution in [0.5, 0.6) is 11.5 Å². The smallest absolute Gasteiger partial charge is 0.167 e. The molecule has 4 heteroatoms. The molecule has 2 heterocycles. The van der Waals surface area contributed by atoms with Crippen molar-refractivity contribution in [2.45, 2.75) is 18.9 Å². The van der Waals surface area contributed by atoms with E-state index in [0.29, 0.717) is 19.0 Å². The fourth-order valence-corrected chi connectivity index (χ4v) is 2.61. The molecule has 0 spiro atoms. The quantitative estimate of drug-likeness (QED) is 0.871. The maximum absolute atomic E-state index is 10.5. The van der Waals surface area contributed by atoms with Crippen molar-refractivity contribution in [1.29, 1.82) is 0 Å². The Morgan fingerprint density at radius 2 is 1.83 bits per heavy atom. The topological polar surface area (TPSA) is 47.9 Å². The van der Waals surface area contributed by atoms with Crippen molar-refractivity contribution in [1.82, 2.24) is 0 Å². The largest absolute Gasteiger partial charge is 0.486 e. The van der Waals surface area contributed by atoms with Gasteiger partial charge in [-0.3, -0.25) is 0 Å². The molecular weight excluding hydrogens is 232 g/mol. The zero-order chi connectivity index (χ0) is 12.4. The third kappa shape index (κ3) is 2.18. The van der Waals surface area contributed by atoms with Crippen LogP contribution < -0.4 is 9.47 Å². The molecular formula is C14H18O4.